The minimum atomic E-state index is -0.128. The molecule has 4 rings (SSSR count). The highest BCUT2D eigenvalue weighted by Crippen LogP contribution is 2.33. The molecule has 10 heteroatoms. The van der Waals surface area contributed by atoms with E-state index in [1.165, 1.54) is 22.7 Å². The molecule has 1 N–H and O–H groups in total. The molecule has 7 nitrogen and oxygen atoms in total. The fourth-order valence-electron chi connectivity index (χ4n) is 3.11. The van der Waals surface area contributed by atoms with E-state index in [0.717, 1.165) is 22.7 Å². The second-order valence-electron chi connectivity index (χ2n) is 6.58. The lowest BCUT2D eigenvalue weighted by molar-refractivity contribution is 0.0693. The number of halogens is 1. The van der Waals surface area contributed by atoms with Crippen LogP contribution in [0.3, 0.4) is 0 Å². The van der Waals surface area contributed by atoms with Crippen molar-refractivity contribution in [3.05, 3.63) is 45.5 Å². The summed E-state index contributed by atoms with van der Waals surface area (Å²) in [7, 11) is 1.78. The van der Waals surface area contributed by atoms with E-state index < -0.39 is 0 Å². The highest BCUT2D eigenvalue weighted by molar-refractivity contribution is 7.23. The highest BCUT2D eigenvalue weighted by atomic mass is 35.5. The second-order valence-corrected chi connectivity index (χ2v) is 9.16. The Morgan fingerprint density at radius 3 is 2.71 bits per heavy atom. The maximum Gasteiger partial charge on any atom is 0.273 e. The molecule has 28 heavy (non-hydrogen) atoms. The number of likely N-dealkylation sites (tertiary alicyclic amines) is 1. The van der Waals surface area contributed by atoms with Crippen LogP contribution in [0.15, 0.2) is 29.9 Å². The summed E-state index contributed by atoms with van der Waals surface area (Å²) in [4.78, 5) is 32.2. The first-order chi connectivity index (χ1) is 13.5. The van der Waals surface area contributed by atoms with Gasteiger partial charge in [-0.3, -0.25) is 14.3 Å². The van der Waals surface area contributed by atoms with Gasteiger partial charge in [-0.2, -0.15) is 5.10 Å². The van der Waals surface area contributed by atoms with Crippen LogP contribution in [-0.4, -0.2) is 50.6 Å². The third-order valence-corrected chi connectivity index (χ3v) is 6.83. The van der Waals surface area contributed by atoms with Gasteiger partial charge in [-0.25, -0.2) is 4.98 Å². The van der Waals surface area contributed by atoms with Crippen molar-refractivity contribution in [2.24, 2.45) is 7.05 Å². The van der Waals surface area contributed by atoms with Crippen LogP contribution in [0.25, 0.3) is 9.88 Å². The smallest absolute Gasteiger partial charge is 0.273 e. The molecule has 0 unspecified atom stereocenters. The number of thiophene rings is 1. The number of hydrogen-bond donors (Lipinski definition) is 1. The first kappa shape index (κ1) is 19.1. The predicted molar refractivity (Wildman–Crippen MR) is 110 cm³/mol. The van der Waals surface area contributed by atoms with Crippen LogP contribution >= 0.6 is 34.3 Å². The van der Waals surface area contributed by atoms with Gasteiger partial charge in [-0.1, -0.05) is 11.6 Å². The quantitative estimate of drug-likeness (QED) is 0.681. The van der Waals surface area contributed by atoms with E-state index in [-0.39, 0.29) is 17.9 Å². The molecule has 0 bridgehead atoms. The number of rotatable bonds is 4. The Labute approximate surface area is 175 Å². The normalized spacial score (nSPS) is 15.0. The largest absolute Gasteiger partial charge is 0.349 e. The third kappa shape index (κ3) is 4.11. The topological polar surface area (TPSA) is 80.1 Å². The van der Waals surface area contributed by atoms with Crippen LogP contribution in [0.2, 0.25) is 4.34 Å². The molecule has 146 valence electrons. The highest BCUT2D eigenvalue weighted by Gasteiger charge is 2.26. The number of aromatic nitrogens is 3. The van der Waals surface area contributed by atoms with Crippen LogP contribution in [0.1, 0.15) is 33.7 Å². The van der Waals surface area contributed by atoms with E-state index in [0.29, 0.717) is 28.7 Å². The summed E-state index contributed by atoms with van der Waals surface area (Å²) in [6.45, 7) is 1.18. The number of thiazole rings is 1. The van der Waals surface area contributed by atoms with Gasteiger partial charge in [0, 0.05) is 37.8 Å². The molecule has 0 spiro atoms. The zero-order valence-electron chi connectivity index (χ0n) is 15.1. The summed E-state index contributed by atoms with van der Waals surface area (Å²) in [5.74, 6) is -0.196. The predicted octanol–water partition coefficient (Wildman–Crippen LogP) is 3.29. The Bertz CT molecular complexity index is 1000. The summed E-state index contributed by atoms with van der Waals surface area (Å²) in [5.41, 5.74) is 1.01. The molecule has 0 atom stereocenters. The van der Waals surface area contributed by atoms with Crippen molar-refractivity contribution >= 4 is 46.1 Å². The van der Waals surface area contributed by atoms with Gasteiger partial charge in [0.1, 0.15) is 10.7 Å². The third-order valence-electron chi connectivity index (χ3n) is 4.59. The summed E-state index contributed by atoms with van der Waals surface area (Å²) >= 11 is 8.87. The molecule has 1 fully saturated rings. The molecular weight excluding hydrogens is 418 g/mol. The number of amides is 2. The van der Waals surface area contributed by atoms with Crippen LogP contribution in [0.5, 0.6) is 0 Å². The zero-order valence-corrected chi connectivity index (χ0v) is 17.5. The number of nitrogens with zero attached hydrogens (tertiary/aromatic N) is 4. The summed E-state index contributed by atoms with van der Waals surface area (Å²) < 4.78 is 2.30. The van der Waals surface area contributed by atoms with E-state index >= 15 is 0 Å². The van der Waals surface area contributed by atoms with Crippen molar-refractivity contribution in [3.63, 3.8) is 0 Å². The lowest BCUT2D eigenvalue weighted by atomic mass is 10.0. The number of hydrogen-bond acceptors (Lipinski definition) is 6. The minimum Gasteiger partial charge on any atom is -0.349 e. The molecule has 0 aromatic carbocycles. The molecule has 4 heterocycles. The maximum absolute atomic E-state index is 12.8. The molecule has 3 aromatic rings. The van der Waals surface area contributed by atoms with Crippen molar-refractivity contribution < 1.29 is 9.59 Å². The molecule has 1 saturated heterocycles. The maximum atomic E-state index is 12.8. The minimum absolute atomic E-state index is 0.0519. The van der Waals surface area contributed by atoms with E-state index in [2.05, 4.69) is 15.4 Å². The van der Waals surface area contributed by atoms with Gasteiger partial charge in [0.2, 0.25) is 0 Å². The lowest BCUT2D eigenvalue weighted by Crippen LogP contribution is -2.46. The monoisotopic (exact) mass is 435 g/mol. The van der Waals surface area contributed by atoms with Crippen molar-refractivity contribution in [1.82, 2.24) is 25.0 Å². The van der Waals surface area contributed by atoms with Crippen LogP contribution < -0.4 is 5.32 Å². The Hall–Kier alpha value is -2.23. The Kier molecular flexibility index (Phi) is 5.47. The van der Waals surface area contributed by atoms with Crippen molar-refractivity contribution in [3.8, 4) is 9.88 Å². The summed E-state index contributed by atoms with van der Waals surface area (Å²) in [6.07, 6.45) is 4.67. The van der Waals surface area contributed by atoms with Gasteiger partial charge >= 0.3 is 0 Å². The van der Waals surface area contributed by atoms with Crippen LogP contribution in [-0.2, 0) is 7.05 Å². The average molecular weight is 436 g/mol. The fraction of sp³-hybridized carbons (Fsp3) is 0.333. The van der Waals surface area contributed by atoms with Crippen molar-refractivity contribution in [2.75, 3.05) is 13.1 Å². The number of carbonyl (C=O) groups is 2. The number of carbonyl (C=O) groups excluding carboxylic acids is 2. The van der Waals surface area contributed by atoms with Gasteiger partial charge < -0.3 is 10.2 Å². The van der Waals surface area contributed by atoms with Gasteiger partial charge in [0.25, 0.3) is 11.8 Å². The standard InChI is InChI=1S/C18H18ClN5O2S2/c1-23-9-11(8-20-23)16(25)21-12-4-6-24(7-5-12)18(26)13-10-27-17(22-13)14-2-3-15(19)28-14/h2-3,8-10,12H,4-7H2,1H3,(H,21,25). The van der Waals surface area contributed by atoms with E-state index in [9.17, 15) is 9.59 Å². The Morgan fingerprint density at radius 1 is 1.29 bits per heavy atom. The van der Waals surface area contributed by atoms with Crippen LogP contribution in [0.4, 0.5) is 0 Å². The molecule has 0 aliphatic carbocycles. The molecule has 0 radical (unpaired) electrons. The summed E-state index contributed by atoms with van der Waals surface area (Å²) in [5, 5.41) is 9.63. The van der Waals surface area contributed by atoms with Crippen molar-refractivity contribution in [2.45, 2.75) is 18.9 Å². The molecular formula is C18H18ClN5O2S2. The lowest BCUT2D eigenvalue weighted by Gasteiger charge is -2.31. The van der Waals surface area contributed by atoms with E-state index in [1.807, 2.05) is 12.1 Å². The van der Waals surface area contributed by atoms with Crippen molar-refractivity contribution in [1.29, 1.82) is 0 Å². The zero-order chi connectivity index (χ0) is 19.7. The van der Waals surface area contributed by atoms with Gasteiger partial charge in [0.05, 0.1) is 21.0 Å². The molecule has 0 saturated carbocycles. The number of nitrogens with one attached hydrogen (secondary N) is 1. The number of piperidine rings is 1. The SMILES string of the molecule is Cn1cc(C(=O)NC2CCN(C(=O)c3csc(-c4ccc(Cl)s4)n3)CC2)cn1. The molecule has 3 aromatic heterocycles. The molecule has 2 amide bonds. The average Bonchev–Trinajstić information content (AvgIpc) is 3.42. The van der Waals surface area contributed by atoms with Crippen LogP contribution in [0, 0.1) is 0 Å². The van der Waals surface area contributed by atoms with Gasteiger partial charge in [0.15, 0.2) is 0 Å². The first-order valence-electron chi connectivity index (χ1n) is 8.79. The number of aryl methyl sites for hydroxylation is 1. The molecule has 1 aliphatic rings. The van der Waals surface area contributed by atoms with E-state index in [1.54, 1.807) is 34.4 Å². The van der Waals surface area contributed by atoms with Gasteiger partial charge in [-0.15, -0.1) is 22.7 Å². The summed E-state index contributed by atoms with van der Waals surface area (Å²) in [6, 6.07) is 3.79. The van der Waals surface area contributed by atoms with Gasteiger partial charge in [-0.05, 0) is 25.0 Å². The Balaban J connectivity index is 1.33. The second kappa shape index (κ2) is 8.02. The Morgan fingerprint density at radius 2 is 2.07 bits per heavy atom. The van der Waals surface area contributed by atoms with E-state index in [4.69, 9.17) is 11.6 Å². The first-order valence-corrected chi connectivity index (χ1v) is 10.9. The fourth-order valence-corrected chi connectivity index (χ4v) is 5.02. The molecule has 1 aliphatic heterocycles.